The molecule has 2 atom stereocenters. The Hall–Kier alpha value is -0.870. The molecule has 4 heteroatoms. The Kier molecular flexibility index (Phi) is 8.68. The summed E-state index contributed by atoms with van der Waals surface area (Å²) < 4.78 is 0.335. The molecule has 0 aliphatic heterocycles. The van der Waals surface area contributed by atoms with Crippen molar-refractivity contribution in [3.8, 4) is 0 Å². The highest BCUT2D eigenvalue weighted by molar-refractivity contribution is 5.72. The molecule has 0 rings (SSSR count). The number of carbonyl (C=O) groups is 1. The van der Waals surface area contributed by atoms with E-state index in [1.54, 1.807) is 0 Å². The number of likely N-dealkylation sites (N-methyl/N-ethyl adjacent to an activating group) is 1. The normalized spacial score (nSPS) is 15.6. The summed E-state index contributed by atoms with van der Waals surface area (Å²) in [6.07, 6.45) is 7.74. The second-order valence-electron chi connectivity index (χ2n) is 5.71. The first kappa shape index (κ1) is 18.1. The molecule has 0 bridgehead atoms. The van der Waals surface area contributed by atoms with Crippen molar-refractivity contribution in [3.63, 3.8) is 0 Å². The maximum Gasteiger partial charge on any atom is 0.362 e. The van der Waals surface area contributed by atoms with E-state index in [1.165, 1.54) is 0 Å². The largest absolute Gasteiger partial charge is 0.477 e. The molecule has 0 saturated heterocycles. The van der Waals surface area contributed by atoms with E-state index in [4.69, 9.17) is 0 Å². The van der Waals surface area contributed by atoms with Gasteiger partial charge in [0.15, 0.2) is 6.04 Å². The molecular formula is C15H30NO3+. The van der Waals surface area contributed by atoms with Crippen LogP contribution in [0.2, 0.25) is 0 Å². The number of carboxylic acid groups (broad SMARTS) is 1. The third-order valence-electron chi connectivity index (χ3n) is 3.44. The molecule has 0 aliphatic rings. The summed E-state index contributed by atoms with van der Waals surface area (Å²) in [6.45, 7) is 4.55. The molecule has 0 aliphatic carbocycles. The molecular weight excluding hydrogens is 242 g/mol. The minimum Gasteiger partial charge on any atom is -0.477 e. The zero-order valence-electron chi connectivity index (χ0n) is 12.8. The van der Waals surface area contributed by atoms with Gasteiger partial charge in [-0.1, -0.05) is 26.0 Å². The quantitative estimate of drug-likeness (QED) is 0.474. The van der Waals surface area contributed by atoms with E-state index >= 15 is 0 Å². The molecule has 0 fully saturated rings. The van der Waals surface area contributed by atoms with Crippen molar-refractivity contribution in [3.05, 3.63) is 12.2 Å². The van der Waals surface area contributed by atoms with Crippen LogP contribution in [0.5, 0.6) is 0 Å². The first-order chi connectivity index (χ1) is 8.85. The molecule has 2 unspecified atom stereocenters. The summed E-state index contributed by atoms with van der Waals surface area (Å²) in [4.78, 5) is 11.3. The number of rotatable bonds is 10. The van der Waals surface area contributed by atoms with Gasteiger partial charge in [-0.05, 0) is 25.7 Å². The molecule has 0 aromatic carbocycles. The van der Waals surface area contributed by atoms with Crippen molar-refractivity contribution in [1.82, 2.24) is 0 Å². The van der Waals surface area contributed by atoms with E-state index in [2.05, 4.69) is 19.1 Å². The lowest BCUT2D eigenvalue weighted by Crippen LogP contribution is -2.56. The van der Waals surface area contributed by atoms with Gasteiger partial charge in [-0.25, -0.2) is 4.79 Å². The van der Waals surface area contributed by atoms with Crippen LogP contribution in [0, 0.1) is 0 Å². The fourth-order valence-electron chi connectivity index (χ4n) is 2.38. The van der Waals surface area contributed by atoms with Crippen molar-refractivity contribution < 1.29 is 19.5 Å². The van der Waals surface area contributed by atoms with Gasteiger partial charge in [0.1, 0.15) is 12.6 Å². The van der Waals surface area contributed by atoms with Gasteiger partial charge in [-0.2, -0.15) is 0 Å². The molecule has 0 aromatic rings. The fourth-order valence-corrected chi connectivity index (χ4v) is 2.38. The Bertz CT molecular complexity index is 287. The summed E-state index contributed by atoms with van der Waals surface area (Å²) in [6, 6.07) is -0.439. The molecule has 0 saturated carbocycles. The standard InChI is InChI=1S/C15H29NO3/c1-5-7-8-9-11-13(17)12-16(3,4)14(10-6-2)15(18)19/h7-8,13-14,17H,5-6,9-12H2,1-4H3/p+1/b8-7+. The van der Waals surface area contributed by atoms with Gasteiger partial charge in [0.2, 0.25) is 0 Å². The summed E-state index contributed by atoms with van der Waals surface area (Å²) in [7, 11) is 3.78. The first-order valence-electron chi connectivity index (χ1n) is 7.23. The fraction of sp³-hybridized carbons (Fsp3) is 0.800. The number of nitrogens with zero attached hydrogens (tertiary/aromatic N) is 1. The number of allylic oxidation sites excluding steroid dienone is 2. The van der Waals surface area contributed by atoms with Crippen LogP contribution in [0.3, 0.4) is 0 Å². The Balaban J connectivity index is 4.38. The summed E-state index contributed by atoms with van der Waals surface area (Å²) in [5, 5.41) is 19.3. The molecule has 0 aromatic heterocycles. The van der Waals surface area contributed by atoms with Gasteiger partial charge in [0.05, 0.1) is 14.1 Å². The van der Waals surface area contributed by atoms with Crippen LogP contribution in [0.25, 0.3) is 0 Å². The lowest BCUT2D eigenvalue weighted by molar-refractivity contribution is -0.909. The van der Waals surface area contributed by atoms with Gasteiger partial charge in [0.25, 0.3) is 0 Å². The van der Waals surface area contributed by atoms with Crippen molar-refractivity contribution in [1.29, 1.82) is 0 Å². The predicted molar refractivity (Wildman–Crippen MR) is 78.0 cm³/mol. The molecule has 0 amide bonds. The van der Waals surface area contributed by atoms with E-state index < -0.39 is 18.1 Å². The van der Waals surface area contributed by atoms with Gasteiger partial charge in [0, 0.05) is 6.42 Å². The maximum atomic E-state index is 11.3. The van der Waals surface area contributed by atoms with Crippen LogP contribution in [-0.4, -0.2) is 53.5 Å². The van der Waals surface area contributed by atoms with Crippen LogP contribution in [0.4, 0.5) is 0 Å². The maximum absolute atomic E-state index is 11.3. The minimum absolute atomic E-state index is 0.335. The zero-order chi connectivity index (χ0) is 14.9. The third-order valence-corrected chi connectivity index (χ3v) is 3.44. The van der Waals surface area contributed by atoms with E-state index in [1.807, 2.05) is 21.0 Å². The molecule has 0 spiro atoms. The number of quaternary nitrogens is 1. The second kappa shape index (κ2) is 9.10. The van der Waals surface area contributed by atoms with Crippen LogP contribution in [0.15, 0.2) is 12.2 Å². The van der Waals surface area contributed by atoms with E-state index in [0.717, 1.165) is 19.3 Å². The van der Waals surface area contributed by atoms with Crippen LogP contribution in [0.1, 0.15) is 46.0 Å². The van der Waals surface area contributed by atoms with Crippen molar-refractivity contribution in [2.75, 3.05) is 20.6 Å². The second-order valence-corrected chi connectivity index (χ2v) is 5.71. The van der Waals surface area contributed by atoms with E-state index in [9.17, 15) is 15.0 Å². The predicted octanol–water partition coefficient (Wildman–Crippen LogP) is 2.42. The Morgan fingerprint density at radius 3 is 2.32 bits per heavy atom. The molecule has 2 N–H and O–H groups in total. The Morgan fingerprint density at radius 2 is 1.84 bits per heavy atom. The van der Waals surface area contributed by atoms with Crippen molar-refractivity contribution in [2.45, 2.75) is 58.1 Å². The van der Waals surface area contributed by atoms with Gasteiger partial charge >= 0.3 is 5.97 Å². The number of aliphatic hydroxyl groups is 1. The number of hydrogen-bond acceptors (Lipinski definition) is 2. The highest BCUT2D eigenvalue weighted by atomic mass is 16.4. The zero-order valence-corrected chi connectivity index (χ0v) is 12.8. The summed E-state index contributed by atoms with van der Waals surface area (Å²) in [5.41, 5.74) is 0. The summed E-state index contributed by atoms with van der Waals surface area (Å²) in [5.74, 6) is -0.773. The number of aliphatic carboxylic acids is 1. The van der Waals surface area contributed by atoms with E-state index in [-0.39, 0.29) is 0 Å². The van der Waals surface area contributed by atoms with E-state index in [0.29, 0.717) is 23.9 Å². The number of aliphatic hydroxyl groups excluding tert-OH is 1. The topological polar surface area (TPSA) is 57.5 Å². The highest BCUT2D eigenvalue weighted by Gasteiger charge is 2.35. The molecule has 19 heavy (non-hydrogen) atoms. The molecule has 112 valence electrons. The average molecular weight is 272 g/mol. The Labute approximate surface area is 117 Å². The van der Waals surface area contributed by atoms with Crippen molar-refractivity contribution >= 4 is 5.97 Å². The highest BCUT2D eigenvalue weighted by Crippen LogP contribution is 2.15. The number of carboxylic acids is 1. The lowest BCUT2D eigenvalue weighted by Gasteiger charge is -2.37. The van der Waals surface area contributed by atoms with Gasteiger partial charge < -0.3 is 14.7 Å². The lowest BCUT2D eigenvalue weighted by atomic mass is 10.1. The van der Waals surface area contributed by atoms with Gasteiger partial charge in [-0.15, -0.1) is 0 Å². The van der Waals surface area contributed by atoms with Crippen LogP contribution >= 0.6 is 0 Å². The monoisotopic (exact) mass is 272 g/mol. The average Bonchev–Trinajstić information content (AvgIpc) is 2.30. The molecule has 0 radical (unpaired) electrons. The SMILES string of the molecule is CC/C=C/CCC(O)C[N+](C)(C)C(CCC)C(=O)O. The first-order valence-corrected chi connectivity index (χ1v) is 7.23. The van der Waals surface area contributed by atoms with Crippen LogP contribution in [-0.2, 0) is 4.79 Å². The van der Waals surface area contributed by atoms with Crippen molar-refractivity contribution in [2.24, 2.45) is 0 Å². The summed E-state index contributed by atoms with van der Waals surface area (Å²) >= 11 is 0. The third kappa shape index (κ3) is 7.33. The molecule has 4 nitrogen and oxygen atoms in total. The van der Waals surface area contributed by atoms with Gasteiger partial charge in [-0.3, -0.25) is 0 Å². The minimum atomic E-state index is -0.773. The molecule has 0 heterocycles. The van der Waals surface area contributed by atoms with Crippen LogP contribution < -0.4 is 0 Å². The smallest absolute Gasteiger partial charge is 0.362 e. The Morgan fingerprint density at radius 1 is 1.21 bits per heavy atom. The number of hydrogen-bond donors (Lipinski definition) is 2.